The summed E-state index contributed by atoms with van der Waals surface area (Å²) in [5, 5.41) is 6.54. The van der Waals surface area contributed by atoms with Crippen molar-refractivity contribution in [1.29, 1.82) is 0 Å². The number of aromatic nitrogens is 2. The number of hydrogen-bond acceptors (Lipinski definition) is 1. The summed E-state index contributed by atoms with van der Waals surface area (Å²) in [6, 6.07) is 0. The number of aryl methyl sites for hydroxylation is 2. The summed E-state index contributed by atoms with van der Waals surface area (Å²) in [7, 11) is 0. The lowest BCUT2D eigenvalue weighted by Crippen LogP contribution is -1.77. The summed E-state index contributed by atoms with van der Waals surface area (Å²) in [5.74, 6) is 2.31. The van der Waals surface area contributed by atoms with Gasteiger partial charge in [0.1, 0.15) is 6.17 Å². The highest BCUT2D eigenvalue weighted by Crippen LogP contribution is 2.06. The number of nitrogens with zero attached hydrogens (tertiary/aromatic N) is 1. The van der Waals surface area contributed by atoms with Gasteiger partial charge in [0.15, 0.2) is 0 Å². The maximum atomic E-state index is 11.5. The van der Waals surface area contributed by atoms with E-state index in [-0.39, 0.29) is 0 Å². The molecule has 0 aromatic carbocycles. The highest BCUT2D eigenvalue weighted by Gasteiger charge is 2.01. The predicted octanol–water partition coefficient (Wildman–Crippen LogP) is 1.31. The van der Waals surface area contributed by atoms with E-state index < -0.39 is 0 Å². The van der Waals surface area contributed by atoms with Crippen LogP contribution in [-0.4, -0.2) is 10.2 Å². The van der Waals surface area contributed by atoms with Crippen LogP contribution in [0.5, 0.6) is 0 Å². The van der Waals surface area contributed by atoms with Gasteiger partial charge >= 0.3 is 0 Å². The Balaban J connectivity index is 3.18. The highest BCUT2D eigenvalue weighted by atomic mass is 19.1. The minimum atomic E-state index is 0.655. The molecule has 10 heavy (non-hydrogen) atoms. The van der Waals surface area contributed by atoms with Crippen molar-refractivity contribution >= 4 is 0 Å². The molecule has 0 bridgehead atoms. The molecule has 0 amide bonds. The number of H-pyrrole nitrogens is 1. The first-order valence-corrected chi connectivity index (χ1v) is 2.89. The van der Waals surface area contributed by atoms with E-state index in [0.717, 1.165) is 11.4 Å². The predicted molar refractivity (Wildman–Crippen MR) is 36.0 cm³/mol. The standard InChI is InChI=1S/C7H7FN2/c1-5-7(3-4-8)6(2)10-9-5/h1-2H3,(H,9,10). The zero-order valence-corrected chi connectivity index (χ0v) is 5.83. The van der Waals surface area contributed by atoms with Crippen molar-refractivity contribution in [2.45, 2.75) is 13.8 Å². The van der Waals surface area contributed by atoms with E-state index >= 15 is 0 Å². The molecule has 2 nitrogen and oxygen atoms in total. The van der Waals surface area contributed by atoms with Crippen molar-refractivity contribution in [2.75, 3.05) is 0 Å². The van der Waals surface area contributed by atoms with Crippen LogP contribution < -0.4 is 0 Å². The van der Waals surface area contributed by atoms with Crippen molar-refractivity contribution in [3.63, 3.8) is 0 Å². The molecule has 0 aliphatic heterocycles. The number of rotatable bonds is 0. The summed E-state index contributed by atoms with van der Waals surface area (Å²) in [5.41, 5.74) is 2.20. The number of nitrogens with one attached hydrogen (secondary N) is 1. The molecule has 1 aromatic rings. The molecule has 1 rings (SSSR count). The van der Waals surface area contributed by atoms with E-state index in [1.165, 1.54) is 6.17 Å². The lowest BCUT2D eigenvalue weighted by molar-refractivity contribution is 0.773. The fourth-order valence-electron chi connectivity index (χ4n) is 0.782. The number of aromatic amines is 1. The summed E-state index contributed by atoms with van der Waals surface area (Å²) in [6.07, 6.45) is 1.34. The van der Waals surface area contributed by atoms with Crippen LogP contribution >= 0.6 is 0 Å². The van der Waals surface area contributed by atoms with Gasteiger partial charge in [-0.2, -0.15) is 5.10 Å². The largest absolute Gasteiger partial charge is 0.281 e. The average Bonchev–Trinajstić information content (AvgIpc) is 2.20. The van der Waals surface area contributed by atoms with Gasteiger partial charge in [-0.25, -0.2) is 0 Å². The first-order chi connectivity index (χ1) is 4.75. The summed E-state index contributed by atoms with van der Waals surface area (Å²) in [4.78, 5) is 0. The Labute approximate surface area is 58.5 Å². The number of hydrogen-bond donors (Lipinski definition) is 1. The van der Waals surface area contributed by atoms with E-state index in [1.807, 2.05) is 0 Å². The van der Waals surface area contributed by atoms with Gasteiger partial charge in [0, 0.05) is 5.69 Å². The Hall–Kier alpha value is -1.30. The van der Waals surface area contributed by atoms with Gasteiger partial charge in [-0.15, -0.1) is 4.39 Å². The second-order valence-corrected chi connectivity index (χ2v) is 2.03. The van der Waals surface area contributed by atoms with Crippen LogP contribution in [0.3, 0.4) is 0 Å². The third-order valence-electron chi connectivity index (χ3n) is 1.30. The molecule has 0 spiro atoms. The lowest BCUT2D eigenvalue weighted by atomic mass is 10.2. The molecule has 0 atom stereocenters. The highest BCUT2D eigenvalue weighted by molar-refractivity contribution is 5.39. The van der Waals surface area contributed by atoms with Gasteiger partial charge in [-0.3, -0.25) is 5.10 Å². The van der Waals surface area contributed by atoms with E-state index in [1.54, 1.807) is 13.8 Å². The zero-order valence-electron chi connectivity index (χ0n) is 5.83. The van der Waals surface area contributed by atoms with Gasteiger partial charge in [0.25, 0.3) is 0 Å². The Bertz CT molecular complexity index is 271. The SMILES string of the molecule is Cc1n[nH]c(C)c1C#CF. The van der Waals surface area contributed by atoms with Crippen LogP contribution in [0.15, 0.2) is 0 Å². The average molecular weight is 138 g/mol. The first-order valence-electron chi connectivity index (χ1n) is 2.89. The quantitative estimate of drug-likeness (QED) is 0.538. The monoisotopic (exact) mass is 138 g/mol. The molecule has 0 unspecified atom stereocenters. The molecule has 52 valence electrons. The minimum absolute atomic E-state index is 0.655. The van der Waals surface area contributed by atoms with Crippen LogP contribution in [-0.2, 0) is 0 Å². The van der Waals surface area contributed by atoms with Gasteiger partial charge in [-0.05, 0) is 19.8 Å². The van der Waals surface area contributed by atoms with Gasteiger partial charge in [0.2, 0.25) is 0 Å². The molecule has 1 N–H and O–H groups in total. The molecule has 0 radical (unpaired) electrons. The Kier molecular flexibility index (Phi) is 1.72. The van der Waals surface area contributed by atoms with Gasteiger partial charge in [-0.1, -0.05) is 0 Å². The van der Waals surface area contributed by atoms with E-state index in [2.05, 4.69) is 16.1 Å². The minimum Gasteiger partial charge on any atom is -0.281 e. The van der Waals surface area contributed by atoms with Crippen LogP contribution in [0.1, 0.15) is 17.0 Å². The molecule has 0 aliphatic carbocycles. The molecule has 0 saturated carbocycles. The van der Waals surface area contributed by atoms with Crippen molar-refractivity contribution in [3.8, 4) is 12.1 Å². The zero-order chi connectivity index (χ0) is 7.56. The fraction of sp³-hybridized carbons (Fsp3) is 0.286. The lowest BCUT2D eigenvalue weighted by Gasteiger charge is -1.83. The Morgan fingerprint density at radius 2 is 2.20 bits per heavy atom. The molecule has 1 aromatic heterocycles. The summed E-state index contributed by atoms with van der Waals surface area (Å²) < 4.78 is 11.5. The molecule has 0 fully saturated rings. The van der Waals surface area contributed by atoms with E-state index in [4.69, 9.17) is 0 Å². The third-order valence-corrected chi connectivity index (χ3v) is 1.30. The Morgan fingerprint density at radius 3 is 2.60 bits per heavy atom. The van der Waals surface area contributed by atoms with Gasteiger partial charge < -0.3 is 0 Å². The van der Waals surface area contributed by atoms with Gasteiger partial charge in [0.05, 0.1) is 11.3 Å². The van der Waals surface area contributed by atoms with Crippen LogP contribution in [0.4, 0.5) is 4.39 Å². The van der Waals surface area contributed by atoms with Crippen LogP contribution in [0, 0.1) is 25.9 Å². The van der Waals surface area contributed by atoms with Crippen molar-refractivity contribution in [3.05, 3.63) is 17.0 Å². The molecular formula is C7H7FN2. The second kappa shape index (κ2) is 2.53. The van der Waals surface area contributed by atoms with Crippen LogP contribution in [0.2, 0.25) is 0 Å². The van der Waals surface area contributed by atoms with E-state index in [9.17, 15) is 4.39 Å². The molecule has 1 heterocycles. The van der Waals surface area contributed by atoms with Crippen molar-refractivity contribution < 1.29 is 4.39 Å². The molecule has 0 aliphatic rings. The first kappa shape index (κ1) is 6.81. The van der Waals surface area contributed by atoms with Crippen molar-refractivity contribution in [2.24, 2.45) is 0 Å². The maximum absolute atomic E-state index is 11.5. The summed E-state index contributed by atoms with van der Waals surface area (Å²) in [6.45, 7) is 3.59. The summed E-state index contributed by atoms with van der Waals surface area (Å²) >= 11 is 0. The Morgan fingerprint density at radius 1 is 1.50 bits per heavy atom. The van der Waals surface area contributed by atoms with Crippen molar-refractivity contribution in [1.82, 2.24) is 10.2 Å². The third kappa shape index (κ3) is 1.01. The normalized spacial score (nSPS) is 8.70. The van der Waals surface area contributed by atoms with E-state index in [0.29, 0.717) is 5.56 Å². The molecule has 0 saturated heterocycles. The molecule has 3 heteroatoms. The number of halogens is 1. The molecular weight excluding hydrogens is 131 g/mol. The fourth-order valence-corrected chi connectivity index (χ4v) is 0.782. The van der Waals surface area contributed by atoms with Crippen LogP contribution in [0.25, 0.3) is 0 Å². The smallest absolute Gasteiger partial charge is 0.111 e. The second-order valence-electron chi connectivity index (χ2n) is 2.03. The topological polar surface area (TPSA) is 28.7 Å². The maximum Gasteiger partial charge on any atom is 0.111 e.